The Bertz CT molecular complexity index is 449. The Morgan fingerprint density at radius 2 is 2.11 bits per heavy atom. The average Bonchev–Trinajstić information content (AvgIpc) is 2.37. The van der Waals surface area contributed by atoms with E-state index in [9.17, 15) is 9.18 Å². The molecule has 0 unspecified atom stereocenters. The first-order valence-corrected chi connectivity index (χ1v) is 7.06. The van der Waals surface area contributed by atoms with E-state index < -0.39 is 5.82 Å². The van der Waals surface area contributed by atoms with E-state index in [0.29, 0.717) is 18.0 Å². The van der Waals surface area contributed by atoms with Crippen molar-refractivity contribution in [1.29, 1.82) is 0 Å². The number of nitrogens with one attached hydrogen (secondary N) is 1. The van der Waals surface area contributed by atoms with Crippen LogP contribution in [0.1, 0.15) is 37.0 Å². The van der Waals surface area contributed by atoms with Crippen LogP contribution in [-0.2, 0) is 0 Å². The first-order chi connectivity index (χ1) is 8.85. The molecule has 0 aliphatic rings. The number of rotatable bonds is 6. The van der Waals surface area contributed by atoms with Gasteiger partial charge < -0.3 is 5.32 Å². The van der Waals surface area contributed by atoms with E-state index in [0.717, 1.165) is 12.8 Å². The van der Waals surface area contributed by atoms with Crippen molar-refractivity contribution in [3.8, 4) is 0 Å². The molecule has 0 aromatic heterocycles. The summed E-state index contributed by atoms with van der Waals surface area (Å²) in [5, 5.41) is 2.78. The van der Waals surface area contributed by atoms with Gasteiger partial charge in [0.05, 0.1) is 5.02 Å². The normalized spacial score (nSPS) is 11.4. The Balaban J connectivity index is 2.57. The second-order valence-corrected chi connectivity index (χ2v) is 6.05. The smallest absolute Gasteiger partial charge is 0.251 e. The molecule has 0 atom stereocenters. The van der Waals surface area contributed by atoms with Gasteiger partial charge >= 0.3 is 0 Å². The summed E-state index contributed by atoms with van der Waals surface area (Å²) >= 11 is 11.3. The molecular weight excluding hydrogens is 288 g/mol. The monoisotopic (exact) mass is 305 g/mol. The number of alkyl halides is 1. The van der Waals surface area contributed by atoms with Crippen LogP contribution in [0.2, 0.25) is 5.02 Å². The number of carbonyl (C=O) groups excluding carboxylic acids is 1. The second kappa shape index (κ2) is 7.11. The van der Waals surface area contributed by atoms with Gasteiger partial charge in [-0.25, -0.2) is 4.39 Å². The Morgan fingerprint density at radius 3 is 2.68 bits per heavy atom. The summed E-state index contributed by atoms with van der Waals surface area (Å²) < 4.78 is 13.0. The van der Waals surface area contributed by atoms with Crippen molar-refractivity contribution < 1.29 is 9.18 Å². The maximum absolute atomic E-state index is 13.0. The molecule has 19 heavy (non-hydrogen) atoms. The van der Waals surface area contributed by atoms with Gasteiger partial charge in [-0.2, -0.15) is 0 Å². The van der Waals surface area contributed by atoms with Crippen LogP contribution >= 0.6 is 23.2 Å². The van der Waals surface area contributed by atoms with Crippen molar-refractivity contribution in [3.05, 3.63) is 34.6 Å². The van der Waals surface area contributed by atoms with Gasteiger partial charge in [-0.05, 0) is 36.5 Å². The molecular formula is C14H18Cl2FNO. The molecule has 1 aromatic carbocycles. The largest absolute Gasteiger partial charge is 0.352 e. The molecule has 1 aromatic rings. The highest BCUT2D eigenvalue weighted by Gasteiger charge is 2.19. The summed E-state index contributed by atoms with van der Waals surface area (Å²) in [5.41, 5.74) is 0.341. The van der Waals surface area contributed by atoms with Gasteiger partial charge in [0.15, 0.2) is 0 Å². The van der Waals surface area contributed by atoms with Gasteiger partial charge in [-0.1, -0.05) is 25.4 Å². The predicted octanol–water partition coefficient (Wildman–Crippen LogP) is 4.25. The summed E-state index contributed by atoms with van der Waals surface area (Å²) in [4.78, 5) is 11.9. The van der Waals surface area contributed by atoms with Crippen LogP contribution in [0.3, 0.4) is 0 Å². The fraction of sp³-hybridized carbons (Fsp3) is 0.500. The highest BCUT2D eigenvalue weighted by atomic mass is 35.5. The summed E-state index contributed by atoms with van der Waals surface area (Å²) in [7, 11) is 0. The molecule has 1 N–H and O–H groups in total. The number of hydrogen-bond donors (Lipinski definition) is 1. The molecule has 0 heterocycles. The molecule has 0 bridgehead atoms. The molecule has 0 fully saturated rings. The van der Waals surface area contributed by atoms with Gasteiger partial charge in [0.2, 0.25) is 0 Å². The highest BCUT2D eigenvalue weighted by Crippen LogP contribution is 2.22. The van der Waals surface area contributed by atoms with E-state index >= 15 is 0 Å². The summed E-state index contributed by atoms with van der Waals surface area (Å²) in [5.74, 6) is -0.160. The van der Waals surface area contributed by atoms with Crippen molar-refractivity contribution in [2.24, 2.45) is 5.41 Å². The SMILES string of the molecule is CC(C)(CCCCl)CNC(=O)c1ccc(F)c(Cl)c1. The average molecular weight is 306 g/mol. The Hall–Kier alpha value is -0.800. The van der Waals surface area contributed by atoms with Crippen LogP contribution in [0.25, 0.3) is 0 Å². The number of benzene rings is 1. The quantitative estimate of drug-likeness (QED) is 0.782. The Labute approximate surface area is 123 Å². The molecule has 5 heteroatoms. The Morgan fingerprint density at radius 1 is 1.42 bits per heavy atom. The number of hydrogen-bond acceptors (Lipinski definition) is 1. The fourth-order valence-corrected chi connectivity index (χ4v) is 2.01. The molecule has 0 radical (unpaired) electrons. The zero-order valence-electron chi connectivity index (χ0n) is 11.1. The number of carbonyl (C=O) groups is 1. The van der Waals surface area contributed by atoms with Crippen LogP contribution in [-0.4, -0.2) is 18.3 Å². The van der Waals surface area contributed by atoms with Crippen molar-refractivity contribution in [1.82, 2.24) is 5.32 Å². The van der Waals surface area contributed by atoms with E-state index in [2.05, 4.69) is 19.2 Å². The lowest BCUT2D eigenvalue weighted by atomic mass is 9.88. The molecule has 0 spiro atoms. The van der Waals surface area contributed by atoms with Crippen LogP contribution in [0.4, 0.5) is 4.39 Å². The van der Waals surface area contributed by atoms with Gasteiger partial charge in [0.25, 0.3) is 5.91 Å². The molecule has 1 rings (SSSR count). The standard InChI is InChI=1S/C14H18Cl2FNO/c1-14(2,6-3-7-15)9-18-13(19)10-4-5-12(17)11(16)8-10/h4-5,8H,3,6-7,9H2,1-2H3,(H,18,19). The van der Waals surface area contributed by atoms with E-state index in [1.807, 2.05) is 0 Å². The van der Waals surface area contributed by atoms with Crippen LogP contribution in [0.5, 0.6) is 0 Å². The summed E-state index contributed by atoms with van der Waals surface area (Å²) in [6.45, 7) is 4.67. The number of amides is 1. The second-order valence-electron chi connectivity index (χ2n) is 5.27. The summed E-state index contributed by atoms with van der Waals surface area (Å²) in [6.07, 6.45) is 1.84. The maximum Gasteiger partial charge on any atom is 0.251 e. The molecule has 2 nitrogen and oxygen atoms in total. The summed E-state index contributed by atoms with van der Waals surface area (Å²) in [6, 6.07) is 3.94. The van der Waals surface area contributed by atoms with Crippen molar-refractivity contribution in [3.63, 3.8) is 0 Å². The molecule has 0 aliphatic heterocycles. The van der Waals surface area contributed by atoms with Crippen molar-refractivity contribution in [2.75, 3.05) is 12.4 Å². The van der Waals surface area contributed by atoms with Gasteiger partial charge in [0, 0.05) is 18.0 Å². The molecule has 0 saturated carbocycles. The van der Waals surface area contributed by atoms with E-state index in [1.165, 1.54) is 18.2 Å². The van der Waals surface area contributed by atoms with E-state index in [1.54, 1.807) is 0 Å². The van der Waals surface area contributed by atoms with Crippen molar-refractivity contribution in [2.45, 2.75) is 26.7 Å². The van der Waals surface area contributed by atoms with Gasteiger partial charge in [-0.15, -0.1) is 11.6 Å². The third-order valence-corrected chi connectivity index (χ3v) is 3.45. The minimum Gasteiger partial charge on any atom is -0.352 e. The first kappa shape index (κ1) is 16.3. The zero-order valence-corrected chi connectivity index (χ0v) is 12.6. The van der Waals surface area contributed by atoms with Crippen LogP contribution in [0.15, 0.2) is 18.2 Å². The van der Waals surface area contributed by atoms with Crippen LogP contribution < -0.4 is 5.32 Å². The van der Waals surface area contributed by atoms with Gasteiger partial charge in [0.1, 0.15) is 5.82 Å². The van der Waals surface area contributed by atoms with Crippen molar-refractivity contribution >= 4 is 29.1 Å². The molecule has 0 saturated heterocycles. The highest BCUT2D eigenvalue weighted by molar-refractivity contribution is 6.31. The third-order valence-electron chi connectivity index (χ3n) is 2.90. The third kappa shape index (κ3) is 5.37. The van der Waals surface area contributed by atoms with Crippen LogP contribution in [0, 0.1) is 11.2 Å². The maximum atomic E-state index is 13.0. The van der Waals surface area contributed by atoms with E-state index in [-0.39, 0.29) is 16.3 Å². The van der Waals surface area contributed by atoms with Gasteiger partial charge in [-0.3, -0.25) is 4.79 Å². The topological polar surface area (TPSA) is 29.1 Å². The fourth-order valence-electron chi connectivity index (χ4n) is 1.69. The molecule has 1 amide bonds. The zero-order chi connectivity index (χ0) is 14.5. The lowest BCUT2D eigenvalue weighted by Gasteiger charge is -2.24. The van der Waals surface area contributed by atoms with E-state index in [4.69, 9.17) is 23.2 Å². The minimum absolute atomic E-state index is 0.0195. The Kier molecular flexibility index (Phi) is 6.08. The molecule has 0 aliphatic carbocycles. The lowest BCUT2D eigenvalue weighted by molar-refractivity contribution is 0.0934. The minimum atomic E-state index is -0.527. The number of halogens is 3. The first-order valence-electron chi connectivity index (χ1n) is 6.15. The lowest BCUT2D eigenvalue weighted by Crippen LogP contribution is -2.34. The molecule has 106 valence electrons. The predicted molar refractivity (Wildman–Crippen MR) is 77.5 cm³/mol.